The second kappa shape index (κ2) is 8.08. The van der Waals surface area contributed by atoms with Gasteiger partial charge >= 0.3 is 5.97 Å². The zero-order valence-corrected chi connectivity index (χ0v) is 14.5. The highest BCUT2D eigenvalue weighted by Crippen LogP contribution is 2.29. The zero-order valence-electron chi connectivity index (χ0n) is 14.5. The predicted molar refractivity (Wildman–Crippen MR) is 90.8 cm³/mol. The van der Waals surface area contributed by atoms with E-state index in [4.69, 9.17) is 4.74 Å². The quantitative estimate of drug-likeness (QED) is 0.665. The molecule has 1 aliphatic carbocycles. The molecule has 130 valence electrons. The largest absolute Gasteiger partial charge is 0.449 e. The van der Waals surface area contributed by atoms with E-state index < -0.39 is 12.1 Å². The third-order valence-corrected chi connectivity index (χ3v) is 4.97. The monoisotopic (exact) mass is 331 g/mol. The van der Waals surface area contributed by atoms with Crippen molar-refractivity contribution in [1.29, 1.82) is 0 Å². The van der Waals surface area contributed by atoms with E-state index in [-0.39, 0.29) is 11.9 Å². The average Bonchev–Trinajstić information content (AvgIpc) is 2.58. The molecule has 5 heteroatoms. The van der Waals surface area contributed by atoms with Gasteiger partial charge in [-0.25, -0.2) is 4.79 Å². The third-order valence-electron chi connectivity index (χ3n) is 4.97. The second-order valence-electron chi connectivity index (χ2n) is 6.67. The highest BCUT2D eigenvalue weighted by molar-refractivity contribution is 5.92. The van der Waals surface area contributed by atoms with Gasteiger partial charge in [-0.05, 0) is 37.3 Å². The molecule has 1 aromatic rings. The molecule has 2 rings (SSSR count). The predicted octanol–water partition coefficient (Wildman–Crippen LogP) is 2.99. The van der Waals surface area contributed by atoms with Gasteiger partial charge in [-0.15, -0.1) is 0 Å². The van der Waals surface area contributed by atoms with Gasteiger partial charge in [0.1, 0.15) is 6.29 Å². The summed E-state index contributed by atoms with van der Waals surface area (Å²) >= 11 is 0. The van der Waals surface area contributed by atoms with Crippen LogP contribution >= 0.6 is 0 Å². The topological polar surface area (TPSA) is 72.5 Å². The van der Waals surface area contributed by atoms with E-state index in [0.29, 0.717) is 29.2 Å². The lowest BCUT2D eigenvalue weighted by molar-refractivity contribution is -0.130. The zero-order chi connectivity index (χ0) is 17.7. The number of carbonyl (C=O) groups is 3. The molecule has 5 nitrogen and oxygen atoms in total. The minimum atomic E-state index is -0.854. The molecule has 0 aliphatic heterocycles. The number of rotatable bonds is 5. The maximum absolute atomic E-state index is 12.3. The molecule has 0 unspecified atom stereocenters. The van der Waals surface area contributed by atoms with Crippen LogP contribution in [-0.4, -0.2) is 30.3 Å². The first-order chi connectivity index (χ1) is 11.4. The van der Waals surface area contributed by atoms with Crippen molar-refractivity contribution in [3.63, 3.8) is 0 Å². The van der Waals surface area contributed by atoms with Gasteiger partial charge in [0.15, 0.2) is 6.10 Å². The van der Waals surface area contributed by atoms with Crippen molar-refractivity contribution >= 4 is 18.2 Å². The average molecular weight is 331 g/mol. The van der Waals surface area contributed by atoms with Crippen LogP contribution in [-0.2, 0) is 9.53 Å². The van der Waals surface area contributed by atoms with Crippen LogP contribution in [0.25, 0.3) is 0 Å². The number of ether oxygens (including phenoxy) is 1. The Morgan fingerprint density at radius 1 is 1.21 bits per heavy atom. The molecule has 0 spiro atoms. The van der Waals surface area contributed by atoms with Crippen LogP contribution in [0.1, 0.15) is 60.7 Å². The van der Waals surface area contributed by atoms with Crippen molar-refractivity contribution in [2.75, 3.05) is 0 Å². The molecule has 0 radical (unpaired) electrons. The minimum Gasteiger partial charge on any atom is -0.449 e. The standard InChI is InChI=1S/C19H25NO4/c1-12-5-4-6-17(13(12)2)20-18(22)14(3)24-19(23)16-9-7-15(11-21)8-10-16/h7-14,17H,4-6H2,1-3H3,(H,20,22)/t12-,13-,14-,17-/m1/s1. The van der Waals surface area contributed by atoms with Gasteiger partial charge in [0, 0.05) is 11.6 Å². The first-order valence-corrected chi connectivity index (χ1v) is 8.49. The number of carbonyl (C=O) groups excluding carboxylic acids is 3. The van der Waals surface area contributed by atoms with Gasteiger partial charge in [-0.2, -0.15) is 0 Å². The number of benzene rings is 1. The van der Waals surface area contributed by atoms with E-state index >= 15 is 0 Å². The molecule has 0 aromatic heterocycles. The first kappa shape index (κ1) is 18.2. The lowest BCUT2D eigenvalue weighted by atomic mass is 9.78. The van der Waals surface area contributed by atoms with Crippen LogP contribution in [0.15, 0.2) is 24.3 Å². The summed E-state index contributed by atoms with van der Waals surface area (Å²) in [7, 11) is 0. The Hall–Kier alpha value is -2.17. The molecule has 1 fully saturated rings. The molecule has 0 saturated heterocycles. The summed E-state index contributed by atoms with van der Waals surface area (Å²) in [6, 6.07) is 6.25. The van der Waals surface area contributed by atoms with E-state index in [1.54, 1.807) is 19.1 Å². The van der Waals surface area contributed by atoms with Crippen LogP contribution in [0.2, 0.25) is 0 Å². The van der Waals surface area contributed by atoms with Crippen molar-refractivity contribution in [2.45, 2.75) is 52.2 Å². The molecular weight excluding hydrogens is 306 g/mol. The molecule has 1 saturated carbocycles. The summed E-state index contributed by atoms with van der Waals surface area (Å²) in [5.74, 6) is 0.165. The fourth-order valence-electron chi connectivity index (χ4n) is 3.07. The van der Waals surface area contributed by atoms with E-state index in [2.05, 4.69) is 19.2 Å². The number of hydrogen-bond acceptors (Lipinski definition) is 4. The van der Waals surface area contributed by atoms with Crippen LogP contribution in [0.3, 0.4) is 0 Å². The van der Waals surface area contributed by atoms with Crippen molar-refractivity contribution in [3.8, 4) is 0 Å². The van der Waals surface area contributed by atoms with E-state index in [0.717, 1.165) is 12.8 Å². The fourth-order valence-corrected chi connectivity index (χ4v) is 3.07. The molecule has 1 N–H and O–H groups in total. The third kappa shape index (κ3) is 4.43. The SMILES string of the molecule is C[C@@H]1[C@H](C)CCC[C@H]1NC(=O)[C@@H](C)OC(=O)c1ccc(C=O)cc1. The van der Waals surface area contributed by atoms with Crippen molar-refractivity contribution in [3.05, 3.63) is 35.4 Å². The summed E-state index contributed by atoms with van der Waals surface area (Å²) in [5.41, 5.74) is 0.803. The van der Waals surface area contributed by atoms with Gasteiger partial charge in [0.2, 0.25) is 0 Å². The molecule has 1 aliphatic rings. The van der Waals surface area contributed by atoms with Gasteiger partial charge < -0.3 is 10.1 Å². The summed E-state index contributed by atoms with van der Waals surface area (Å²) in [5, 5.41) is 3.01. The summed E-state index contributed by atoms with van der Waals surface area (Å²) in [6.45, 7) is 5.93. The van der Waals surface area contributed by atoms with Crippen LogP contribution in [0.4, 0.5) is 0 Å². The number of esters is 1. The highest BCUT2D eigenvalue weighted by atomic mass is 16.5. The Balaban J connectivity index is 1.90. The van der Waals surface area contributed by atoms with E-state index in [9.17, 15) is 14.4 Å². The number of hydrogen-bond donors (Lipinski definition) is 1. The number of nitrogens with one attached hydrogen (secondary N) is 1. The highest BCUT2D eigenvalue weighted by Gasteiger charge is 2.30. The Bertz CT molecular complexity index is 596. The van der Waals surface area contributed by atoms with Gasteiger partial charge in [0.05, 0.1) is 5.56 Å². The van der Waals surface area contributed by atoms with Crippen LogP contribution in [0.5, 0.6) is 0 Å². The van der Waals surface area contributed by atoms with E-state index in [1.165, 1.54) is 18.6 Å². The Kier molecular flexibility index (Phi) is 6.12. The molecule has 1 amide bonds. The fraction of sp³-hybridized carbons (Fsp3) is 0.526. The van der Waals surface area contributed by atoms with Crippen molar-refractivity contribution in [1.82, 2.24) is 5.32 Å². The maximum Gasteiger partial charge on any atom is 0.338 e. The minimum absolute atomic E-state index is 0.134. The van der Waals surface area contributed by atoms with Gasteiger partial charge in [-0.1, -0.05) is 38.8 Å². The van der Waals surface area contributed by atoms with Crippen LogP contribution < -0.4 is 5.32 Å². The van der Waals surface area contributed by atoms with Crippen LogP contribution in [0, 0.1) is 11.8 Å². The Labute approximate surface area is 142 Å². The number of amides is 1. The molecule has 4 atom stereocenters. The molecule has 0 bridgehead atoms. The summed E-state index contributed by atoms with van der Waals surface area (Å²) in [4.78, 5) is 35.0. The second-order valence-corrected chi connectivity index (χ2v) is 6.67. The van der Waals surface area contributed by atoms with Gasteiger partial charge in [-0.3, -0.25) is 9.59 Å². The van der Waals surface area contributed by atoms with Gasteiger partial charge in [0.25, 0.3) is 5.91 Å². The molecular formula is C19H25NO4. The maximum atomic E-state index is 12.3. The number of aldehydes is 1. The lowest BCUT2D eigenvalue weighted by Crippen LogP contribution is -2.47. The molecule has 0 heterocycles. The molecule has 1 aromatic carbocycles. The Morgan fingerprint density at radius 2 is 1.88 bits per heavy atom. The first-order valence-electron chi connectivity index (χ1n) is 8.49. The summed E-state index contributed by atoms with van der Waals surface area (Å²) in [6.07, 6.45) is 3.11. The lowest BCUT2D eigenvalue weighted by Gasteiger charge is -2.35. The normalized spacial score (nSPS) is 24.7. The summed E-state index contributed by atoms with van der Waals surface area (Å²) < 4.78 is 5.24. The molecule has 24 heavy (non-hydrogen) atoms. The Morgan fingerprint density at radius 3 is 2.50 bits per heavy atom. The van der Waals surface area contributed by atoms with Crippen molar-refractivity contribution in [2.24, 2.45) is 11.8 Å². The smallest absolute Gasteiger partial charge is 0.338 e. The van der Waals surface area contributed by atoms with Crippen molar-refractivity contribution < 1.29 is 19.1 Å². The van der Waals surface area contributed by atoms with E-state index in [1.807, 2.05) is 0 Å².